The van der Waals surface area contributed by atoms with Gasteiger partial charge in [-0.1, -0.05) is 87.0 Å². The fourth-order valence-electron chi connectivity index (χ4n) is 4.22. The third-order valence-electron chi connectivity index (χ3n) is 6.68. The summed E-state index contributed by atoms with van der Waals surface area (Å²) in [5.74, 6) is 0.578. The molecule has 5 nitrogen and oxygen atoms in total. The third kappa shape index (κ3) is 8.45. The molecule has 38 heavy (non-hydrogen) atoms. The maximum Gasteiger partial charge on any atom is 0.261 e. The Morgan fingerprint density at radius 2 is 1.66 bits per heavy atom. The second-order valence-corrected chi connectivity index (χ2v) is 11.0. The molecule has 0 fully saturated rings. The van der Waals surface area contributed by atoms with E-state index in [2.05, 4.69) is 41.2 Å². The zero-order chi connectivity index (χ0) is 27.7. The maximum atomic E-state index is 13.8. The van der Waals surface area contributed by atoms with Gasteiger partial charge in [0.2, 0.25) is 5.91 Å². The van der Waals surface area contributed by atoms with Crippen LogP contribution in [-0.2, 0) is 22.6 Å². The molecule has 3 aromatic rings. The van der Waals surface area contributed by atoms with E-state index in [1.165, 1.54) is 5.56 Å². The maximum absolute atomic E-state index is 13.8. The molecule has 2 amide bonds. The van der Waals surface area contributed by atoms with Crippen LogP contribution in [0.4, 0.5) is 0 Å². The molecule has 2 atom stereocenters. The van der Waals surface area contributed by atoms with E-state index in [4.69, 9.17) is 4.74 Å². The predicted molar refractivity (Wildman–Crippen MR) is 157 cm³/mol. The topological polar surface area (TPSA) is 58.6 Å². The quantitative estimate of drug-likeness (QED) is 0.256. The van der Waals surface area contributed by atoms with E-state index in [0.29, 0.717) is 24.6 Å². The standard InChI is InChI=1S/C32H39BrN2O3/c1-6-24(5)34-32(37)29(18-25-12-8-7-9-13-25)35(20-26-14-10-11-23(4)17-26)31(36)21-38-30-16-15-27(22(2)3)19-28(30)33/h7-17,19,22,24,29H,6,18,20-21H2,1-5H3,(H,34,37)/t24-,29-/m1/s1. The minimum atomic E-state index is -0.685. The first-order valence-electron chi connectivity index (χ1n) is 13.3. The molecule has 0 unspecified atom stereocenters. The SMILES string of the molecule is CC[C@@H](C)NC(=O)[C@@H](Cc1ccccc1)N(Cc1cccc(C)c1)C(=O)COc1ccc(C(C)C)cc1Br. The highest BCUT2D eigenvalue weighted by atomic mass is 79.9. The van der Waals surface area contributed by atoms with Crippen LogP contribution in [0.5, 0.6) is 5.75 Å². The fraction of sp³-hybridized carbons (Fsp3) is 0.375. The van der Waals surface area contributed by atoms with Crippen molar-refractivity contribution in [1.82, 2.24) is 10.2 Å². The Kier molecular flexibility index (Phi) is 11.0. The molecular weight excluding hydrogens is 540 g/mol. The zero-order valence-electron chi connectivity index (χ0n) is 23.0. The van der Waals surface area contributed by atoms with Crippen molar-refractivity contribution in [3.63, 3.8) is 0 Å². The van der Waals surface area contributed by atoms with Crippen molar-refractivity contribution in [2.75, 3.05) is 6.61 Å². The van der Waals surface area contributed by atoms with E-state index in [-0.39, 0.29) is 24.5 Å². The molecule has 0 aliphatic heterocycles. The fourth-order valence-corrected chi connectivity index (χ4v) is 4.73. The highest BCUT2D eigenvalue weighted by molar-refractivity contribution is 9.10. The Balaban J connectivity index is 1.91. The van der Waals surface area contributed by atoms with Crippen LogP contribution < -0.4 is 10.1 Å². The Bertz CT molecular complexity index is 1210. The highest BCUT2D eigenvalue weighted by Crippen LogP contribution is 2.29. The number of nitrogens with zero attached hydrogens (tertiary/aromatic N) is 1. The first-order valence-corrected chi connectivity index (χ1v) is 14.1. The smallest absolute Gasteiger partial charge is 0.261 e. The van der Waals surface area contributed by atoms with Crippen LogP contribution in [0.2, 0.25) is 0 Å². The van der Waals surface area contributed by atoms with Crippen molar-refractivity contribution >= 4 is 27.7 Å². The average Bonchev–Trinajstić information content (AvgIpc) is 2.90. The third-order valence-corrected chi connectivity index (χ3v) is 7.30. The first-order chi connectivity index (χ1) is 18.2. The molecule has 3 rings (SSSR count). The summed E-state index contributed by atoms with van der Waals surface area (Å²) < 4.78 is 6.79. The lowest BCUT2D eigenvalue weighted by atomic mass is 10.0. The van der Waals surface area contributed by atoms with Gasteiger partial charge < -0.3 is 15.0 Å². The van der Waals surface area contributed by atoms with Gasteiger partial charge in [-0.05, 0) is 70.9 Å². The van der Waals surface area contributed by atoms with Crippen LogP contribution in [0, 0.1) is 6.92 Å². The normalized spacial score (nSPS) is 12.6. The minimum Gasteiger partial charge on any atom is -0.483 e. The summed E-state index contributed by atoms with van der Waals surface area (Å²) in [5, 5.41) is 3.10. The van der Waals surface area contributed by atoms with Crippen LogP contribution in [0.1, 0.15) is 62.3 Å². The molecule has 0 aliphatic carbocycles. The number of aryl methyl sites for hydroxylation is 1. The lowest BCUT2D eigenvalue weighted by molar-refractivity contribution is -0.143. The van der Waals surface area contributed by atoms with E-state index >= 15 is 0 Å². The molecule has 0 spiro atoms. The van der Waals surface area contributed by atoms with E-state index in [9.17, 15) is 9.59 Å². The largest absolute Gasteiger partial charge is 0.483 e. The average molecular weight is 580 g/mol. The lowest BCUT2D eigenvalue weighted by Crippen LogP contribution is -2.53. The van der Waals surface area contributed by atoms with Crippen molar-refractivity contribution < 1.29 is 14.3 Å². The molecule has 202 valence electrons. The van der Waals surface area contributed by atoms with Crippen molar-refractivity contribution in [2.24, 2.45) is 0 Å². The van der Waals surface area contributed by atoms with Crippen LogP contribution in [0.3, 0.4) is 0 Å². The van der Waals surface area contributed by atoms with Gasteiger partial charge in [-0.3, -0.25) is 9.59 Å². The molecule has 0 saturated heterocycles. The summed E-state index contributed by atoms with van der Waals surface area (Å²) in [4.78, 5) is 29.0. The van der Waals surface area contributed by atoms with Gasteiger partial charge in [0.1, 0.15) is 11.8 Å². The Morgan fingerprint density at radius 1 is 0.947 bits per heavy atom. The summed E-state index contributed by atoms with van der Waals surface area (Å²) in [5.41, 5.74) is 4.24. The number of ether oxygens (including phenoxy) is 1. The zero-order valence-corrected chi connectivity index (χ0v) is 24.6. The predicted octanol–water partition coefficient (Wildman–Crippen LogP) is 6.81. The Labute approximate surface area is 235 Å². The second kappa shape index (κ2) is 14.1. The number of amides is 2. The summed E-state index contributed by atoms with van der Waals surface area (Å²) in [6.07, 6.45) is 1.21. The van der Waals surface area contributed by atoms with Gasteiger partial charge >= 0.3 is 0 Å². The molecule has 0 aromatic heterocycles. The molecule has 6 heteroatoms. The number of rotatable bonds is 12. The summed E-state index contributed by atoms with van der Waals surface area (Å²) in [7, 11) is 0. The van der Waals surface area contributed by atoms with Gasteiger partial charge in [-0.15, -0.1) is 0 Å². The summed E-state index contributed by atoms with van der Waals surface area (Å²) >= 11 is 3.58. The highest BCUT2D eigenvalue weighted by Gasteiger charge is 2.31. The molecular formula is C32H39BrN2O3. The molecule has 0 heterocycles. The van der Waals surface area contributed by atoms with Crippen LogP contribution in [0.15, 0.2) is 77.3 Å². The molecule has 0 aliphatic rings. The van der Waals surface area contributed by atoms with Gasteiger partial charge in [0.15, 0.2) is 6.61 Å². The van der Waals surface area contributed by atoms with Gasteiger partial charge in [0, 0.05) is 19.0 Å². The number of benzene rings is 3. The molecule has 0 saturated carbocycles. The van der Waals surface area contributed by atoms with E-state index in [0.717, 1.165) is 27.6 Å². The van der Waals surface area contributed by atoms with Gasteiger partial charge in [0.05, 0.1) is 4.47 Å². The lowest BCUT2D eigenvalue weighted by Gasteiger charge is -2.32. The minimum absolute atomic E-state index is 0.00312. The number of carbonyl (C=O) groups is 2. The molecule has 1 N–H and O–H groups in total. The first kappa shape index (κ1) is 29.4. The number of nitrogens with one attached hydrogen (secondary N) is 1. The monoisotopic (exact) mass is 578 g/mol. The van der Waals surface area contributed by atoms with Crippen molar-refractivity contribution in [3.8, 4) is 5.75 Å². The van der Waals surface area contributed by atoms with Crippen LogP contribution >= 0.6 is 15.9 Å². The summed E-state index contributed by atoms with van der Waals surface area (Å²) in [6, 6.07) is 23.1. The number of hydrogen-bond acceptors (Lipinski definition) is 3. The van der Waals surface area contributed by atoms with Crippen LogP contribution in [-0.4, -0.2) is 35.4 Å². The van der Waals surface area contributed by atoms with E-state index in [1.807, 2.05) is 87.5 Å². The Hall–Kier alpha value is -3.12. The van der Waals surface area contributed by atoms with E-state index < -0.39 is 6.04 Å². The van der Waals surface area contributed by atoms with Crippen LogP contribution in [0.25, 0.3) is 0 Å². The number of halogens is 1. The summed E-state index contributed by atoms with van der Waals surface area (Å²) in [6.45, 7) is 10.4. The van der Waals surface area contributed by atoms with Gasteiger partial charge in [-0.2, -0.15) is 0 Å². The van der Waals surface area contributed by atoms with Crippen molar-refractivity contribution in [3.05, 3.63) is 99.5 Å². The van der Waals surface area contributed by atoms with E-state index in [1.54, 1.807) is 4.90 Å². The Morgan fingerprint density at radius 3 is 2.29 bits per heavy atom. The van der Waals surface area contributed by atoms with Gasteiger partial charge in [-0.25, -0.2) is 0 Å². The van der Waals surface area contributed by atoms with Gasteiger partial charge in [0.25, 0.3) is 5.91 Å². The number of hydrogen-bond donors (Lipinski definition) is 1. The molecule has 0 radical (unpaired) electrons. The molecule has 3 aromatic carbocycles. The number of carbonyl (C=O) groups excluding carboxylic acids is 2. The van der Waals surface area contributed by atoms with Crippen molar-refractivity contribution in [1.29, 1.82) is 0 Å². The molecule has 0 bridgehead atoms. The van der Waals surface area contributed by atoms with Crippen molar-refractivity contribution in [2.45, 2.75) is 72.0 Å². The second-order valence-electron chi connectivity index (χ2n) is 10.2.